The summed E-state index contributed by atoms with van der Waals surface area (Å²) < 4.78 is 0. The fourth-order valence-corrected chi connectivity index (χ4v) is 1.41. The van der Waals surface area contributed by atoms with Crippen LogP contribution in [0.1, 0.15) is 38.5 Å². The summed E-state index contributed by atoms with van der Waals surface area (Å²) in [5.41, 5.74) is 0. The number of allylic oxidation sites excluding steroid dienone is 8. The Hall–Kier alpha value is -1.04. The topological polar surface area (TPSA) is 0 Å². The van der Waals surface area contributed by atoms with E-state index >= 15 is 0 Å². The minimum absolute atomic E-state index is 1.06. The van der Waals surface area contributed by atoms with E-state index in [1.165, 1.54) is 32.1 Å². The van der Waals surface area contributed by atoms with Gasteiger partial charge in [-0.2, -0.15) is 0 Å². The molecule has 0 aromatic heterocycles. The van der Waals surface area contributed by atoms with Crippen LogP contribution in [0.3, 0.4) is 0 Å². The van der Waals surface area contributed by atoms with Gasteiger partial charge in [0.1, 0.15) is 0 Å². The van der Waals surface area contributed by atoms with Crippen molar-refractivity contribution < 1.29 is 0 Å². The smallest absolute Gasteiger partial charge is 0.0166 e. The zero-order valence-corrected chi connectivity index (χ0v) is 8.86. The van der Waals surface area contributed by atoms with Crippen LogP contribution >= 0.6 is 0 Å². The van der Waals surface area contributed by atoms with Gasteiger partial charge in [-0.05, 0) is 38.5 Å². The molecule has 0 nitrogen and oxygen atoms in total. The second-order valence-corrected chi connectivity index (χ2v) is 3.54. The van der Waals surface area contributed by atoms with Crippen LogP contribution in [0, 0.1) is 0 Å². The molecule has 0 bridgehead atoms. The monoisotopic (exact) mass is 188 g/mol. The SMILES string of the molecule is C1=CCCC/C=C\CC/C=C/C/C=C\1. The molecule has 0 spiro atoms. The lowest BCUT2D eigenvalue weighted by atomic mass is 10.2. The fourth-order valence-electron chi connectivity index (χ4n) is 1.41. The molecule has 0 N–H and O–H groups in total. The van der Waals surface area contributed by atoms with Crippen molar-refractivity contribution in [2.45, 2.75) is 38.5 Å². The molecule has 0 heterocycles. The Balaban J connectivity index is 2.34. The Bertz CT molecular complexity index is 228. The minimum atomic E-state index is 1.06. The van der Waals surface area contributed by atoms with Crippen molar-refractivity contribution in [2.75, 3.05) is 0 Å². The van der Waals surface area contributed by atoms with Crippen molar-refractivity contribution in [1.29, 1.82) is 0 Å². The van der Waals surface area contributed by atoms with E-state index in [2.05, 4.69) is 48.6 Å². The Kier molecular flexibility index (Phi) is 6.74. The van der Waals surface area contributed by atoms with Gasteiger partial charge in [0.2, 0.25) is 0 Å². The van der Waals surface area contributed by atoms with E-state index in [1.807, 2.05) is 0 Å². The molecule has 76 valence electrons. The predicted molar refractivity (Wildman–Crippen MR) is 64.3 cm³/mol. The molecule has 0 saturated carbocycles. The lowest BCUT2D eigenvalue weighted by molar-refractivity contribution is 0.862. The first-order valence-electron chi connectivity index (χ1n) is 5.62. The molecule has 0 aromatic carbocycles. The quantitative estimate of drug-likeness (QED) is 0.489. The Labute approximate surface area is 87.7 Å². The van der Waals surface area contributed by atoms with Gasteiger partial charge < -0.3 is 0 Å². The third-order valence-corrected chi connectivity index (χ3v) is 2.23. The molecule has 0 heteroatoms. The Morgan fingerprint density at radius 2 is 1.14 bits per heavy atom. The van der Waals surface area contributed by atoms with Gasteiger partial charge in [-0.25, -0.2) is 0 Å². The van der Waals surface area contributed by atoms with Crippen LogP contribution in [-0.4, -0.2) is 0 Å². The van der Waals surface area contributed by atoms with Gasteiger partial charge in [-0.15, -0.1) is 0 Å². The van der Waals surface area contributed by atoms with E-state index in [4.69, 9.17) is 0 Å². The van der Waals surface area contributed by atoms with Gasteiger partial charge in [0.05, 0.1) is 0 Å². The van der Waals surface area contributed by atoms with E-state index in [-0.39, 0.29) is 0 Å². The largest absolute Gasteiger partial charge is 0.0885 e. The summed E-state index contributed by atoms with van der Waals surface area (Å²) in [4.78, 5) is 0. The first-order valence-corrected chi connectivity index (χ1v) is 5.62. The molecular weight excluding hydrogens is 168 g/mol. The maximum Gasteiger partial charge on any atom is -0.0166 e. The van der Waals surface area contributed by atoms with Crippen molar-refractivity contribution in [2.24, 2.45) is 0 Å². The first-order chi connectivity index (χ1) is 7.00. The molecular formula is C14H20. The molecule has 0 radical (unpaired) electrons. The summed E-state index contributed by atoms with van der Waals surface area (Å²) >= 11 is 0. The van der Waals surface area contributed by atoms with Crippen molar-refractivity contribution in [1.82, 2.24) is 0 Å². The highest BCUT2D eigenvalue weighted by Crippen LogP contribution is 2.02. The van der Waals surface area contributed by atoms with Crippen LogP contribution in [0.5, 0.6) is 0 Å². The average Bonchev–Trinajstić information content (AvgIpc) is 2.22. The van der Waals surface area contributed by atoms with Crippen molar-refractivity contribution in [3.05, 3.63) is 48.6 Å². The maximum absolute atomic E-state index is 2.31. The van der Waals surface area contributed by atoms with Gasteiger partial charge in [-0.1, -0.05) is 48.6 Å². The van der Waals surface area contributed by atoms with Gasteiger partial charge in [0.15, 0.2) is 0 Å². The zero-order chi connectivity index (χ0) is 9.90. The average molecular weight is 188 g/mol. The molecule has 0 amide bonds. The van der Waals surface area contributed by atoms with E-state index in [1.54, 1.807) is 0 Å². The van der Waals surface area contributed by atoms with Gasteiger partial charge in [0, 0.05) is 0 Å². The molecule has 0 fully saturated rings. The summed E-state index contributed by atoms with van der Waals surface area (Å²) in [5, 5.41) is 0. The molecule has 0 atom stereocenters. The molecule has 0 unspecified atom stereocenters. The van der Waals surface area contributed by atoms with Gasteiger partial charge in [0.25, 0.3) is 0 Å². The fraction of sp³-hybridized carbons (Fsp3) is 0.429. The highest BCUT2D eigenvalue weighted by atomic mass is 13.9. The third kappa shape index (κ3) is 6.47. The van der Waals surface area contributed by atoms with Crippen LogP contribution < -0.4 is 0 Å². The zero-order valence-electron chi connectivity index (χ0n) is 8.86. The molecule has 0 aromatic rings. The van der Waals surface area contributed by atoms with E-state index < -0.39 is 0 Å². The van der Waals surface area contributed by atoms with Crippen LogP contribution in [0.2, 0.25) is 0 Å². The van der Waals surface area contributed by atoms with E-state index in [0.717, 1.165) is 6.42 Å². The second-order valence-electron chi connectivity index (χ2n) is 3.54. The third-order valence-electron chi connectivity index (χ3n) is 2.23. The van der Waals surface area contributed by atoms with Crippen molar-refractivity contribution in [3.63, 3.8) is 0 Å². The molecule has 1 rings (SSSR count). The van der Waals surface area contributed by atoms with Crippen LogP contribution in [0.25, 0.3) is 0 Å². The number of hydrogen-bond donors (Lipinski definition) is 0. The summed E-state index contributed by atoms with van der Waals surface area (Å²) in [6.45, 7) is 0. The van der Waals surface area contributed by atoms with Crippen LogP contribution in [-0.2, 0) is 0 Å². The van der Waals surface area contributed by atoms with E-state index in [9.17, 15) is 0 Å². The Morgan fingerprint density at radius 3 is 2.07 bits per heavy atom. The lowest BCUT2D eigenvalue weighted by Gasteiger charge is -1.91. The lowest BCUT2D eigenvalue weighted by Crippen LogP contribution is -1.71. The van der Waals surface area contributed by atoms with Gasteiger partial charge in [-0.3, -0.25) is 0 Å². The normalized spacial score (nSPS) is 26.3. The molecule has 1 aliphatic rings. The van der Waals surface area contributed by atoms with Crippen LogP contribution in [0.4, 0.5) is 0 Å². The summed E-state index contributed by atoms with van der Waals surface area (Å²) in [6.07, 6.45) is 25.0. The first kappa shape index (κ1) is 11.0. The van der Waals surface area contributed by atoms with Crippen molar-refractivity contribution in [3.8, 4) is 0 Å². The highest BCUT2D eigenvalue weighted by molar-refractivity contribution is 5.05. The number of rotatable bonds is 0. The maximum atomic E-state index is 2.31. The van der Waals surface area contributed by atoms with E-state index in [0.29, 0.717) is 0 Å². The Morgan fingerprint density at radius 1 is 0.500 bits per heavy atom. The predicted octanol–water partition coefficient (Wildman–Crippen LogP) is 4.57. The summed E-state index contributed by atoms with van der Waals surface area (Å²) in [6, 6.07) is 0. The van der Waals surface area contributed by atoms with Crippen LogP contribution in [0.15, 0.2) is 48.6 Å². The van der Waals surface area contributed by atoms with Crippen molar-refractivity contribution >= 4 is 0 Å². The molecule has 1 aliphatic carbocycles. The number of hydrogen-bond acceptors (Lipinski definition) is 0. The minimum Gasteiger partial charge on any atom is -0.0885 e. The molecule has 0 saturated heterocycles. The molecule has 0 aliphatic heterocycles. The molecule has 14 heavy (non-hydrogen) atoms. The van der Waals surface area contributed by atoms with Gasteiger partial charge >= 0.3 is 0 Å². The summed E-state index contributed by atoms with van der Waals surface area (Å²) in [7, 11) is 0. The second kappa shape index (κ2) is 8.55. The highest BCUT2D eigenvalue weighted by Gasteiger charge is 1.81. The summed E-state index contributed by atoms with van der Waals surface area (Å²) in [5.74, 6) is 0. The standard InChI is InChI=1S/C14H20/c1-2-4-6-8-10-12-14-13-11-9-7-5-3-1/h1-4,7,9,12,14H,5-6,8,10-11,13H2/b3-1-,4-2?,9-7+,14-12-.